The first kappa shape index (κ1) is 23.3. The van der Waals surface area contributed by atoms with Crippen molar-refractivity contribution in [3.05, 3.63) is 60.7 Å². The Labute approximate surface area is 151 Å². The first-order valence-corrected chi connectivity index (χ1v) is 13.6. The first-order chi connectivity index (χ1) is 10.6. The SMILES string of the molecule is O[PH](O)(O)c1ccccc1.O[PH](O)(O)c1ccccc1.[Cl][Pd][Cl]. The van der Waals surface area contributed by atoms with E-state index in [0.29, 0.717) is 0 Å². The van der Waals surface area contributed by atoms with Crippen molar-refractivity contribution in [2.75, 3.05) is 0 Å². The molecule has 0 amide bonds. The minimum absolute atomic E-state index is 0.106. The molecule has 6 N–H and O–H groups in total. The van der Waals surface area contributed by atoms with E-state index in [1.165, 1.54) is 24.3 Å². The van der Waals surface area contributed by atoms with E-state index in [9.17, 15) is 0 Å². The predicted molar refractivity (Wildman–Crippen MR) is 93.8 cm³/mol. The predicted octanol–water partition coefficient (Wildman–Crippen LogP) is 0.944. The summed E-state index contributed by atoms with van der Waals surface area (Å²) in [6.07, 6.45) is 0. The molecular formula is C12H18Cl2O6P2Pd. The average molecular weight is 498 g/mol. The van der Waals surface area contributed by atoms with Gasteiger partial charge in [-0.25, -0.2) is 0 Å². The van der Waals surface area contributed by atoms with Crippen LogP contribution in [0.3, 0.4) is 0 Å². The molecule has 0 unspecified atom stereocenters. The van der Waals surface area contributed by atoms with Gasteiger partial charge in [-0.2, -0.15) is 0 Å². The van der Waals surface area contributed by atoms with Gasteiger partial charge in [-0.3, -0.25) is 0 Å². The molecule has 0 bridgehead atoms. The van der Waals surface area contributed by atoms with Gasteiger partial charge < -0.3 is 0 Å². The van der Waals surface area contributed by atoms with E-state index < -0.39 is 15.9 Å². The number of halogens is 2. The van der Waals surface area contributed by atoms with Crippen LogP contribution in [0.4, 0.5) is 0 Å². The van der Waals surface area contributed by atoms with Crippen molar-refractivity contribution in [1.82, 2.24) is 0 Å². The molecule has 0 radical (unpaired) electrons. The third-order valence-electron chi connectivity index (χ3n) is 2.32. The van der Waals surface area contributed by atoms with Crippen LogP contribution >= 0.6 is 34.9 Å². The first-order valence-electron chi connectivity index (χ1n) is 5.90. The Kier molecular flexibility index (Phi) is 11.9. The van der Waals surface area contributed by atoms with Gasteiger partial charge in [-0.05, 0) is 0 Å². The summed E-state index contributed by atoms with van der Waals surface area (Å²) in [4.78, 5) is 52.4. The fourth-order valence-electron chi connectivity index (χ4n) is 1.32. The van der Waals surface area contributed by atoms with Gasteiger partial charge in [0.25, 0.3) is 0 Å². The summed E-state index contributed by atoms with van der Waals surface area (Å²) in [5.74, 6) is 0. The summed E-state index contributed by atoms with van der Waals surface area (Å²) >= 11 is -0.106. The van der Waals surface area contributed by atoms with Crippen LogP contribution in [0.2, 0.25) is 0 Å². The molecule has 23 heavy (non-hydrogen) atoms. The molecule has 0 aliphatic rings. The second kappa shape index (κ2) is 11.8. The van der Waals surface area contributed by atoms with E-state index in [-0.39, 0.29) is 26.5 Å². The summed E-state index contributed by atoms with van der Waals surface area (Å²) in [6.45, 7) is 0. The molecule has 0 fully saturated rings. The molecule has 0 atom stereocenters. The van der Waals surface area contributed by atoms with Crippen molar-refractivity contribution in [3.63, 3.8) is 0 Å². The Morgan fingerprint density at radius 1 is 0.565 bits per heavy atom. The molecule has 0 heterocycles. The normalized spacial score (nSPS) is 12.3. The average Bonchev–Trinajstić information content (AvgIpc) is 2.49. The quantitative estimate of drug-likeness (QED) is 0.271. The standard InChI is InChI=1S/2C6H9O3P.2ClH.Pd/c2*7-10(8,9)6-4-2-1-3-5-6;;;/h2*1-5,7-10H;2*1H;/q;;;;+2/p-2. The van der Waals surface area contributed by atoms with Gasteiger partial charge in [0.15, 0.2) is 0 Å². The van der Waals surface area contributed by atoms with E-state index in [4.69, 9.17) is 48.4 Å². The maximum atomic E-state index is 8.74. The molecule has 11 heteroatoms. The fraction of sp³-hybridized carbons (Fsp3) is 0. The molecule has 0 aromatic heterocycles. The van der Waals surface area contributed by atoms with E-state index in [1.807, 2.05) is 0 Å². The fourth-order valence-corrected chi connectivity index (χ4v) is 2.60. The van der Waals surface area contributed by atoms with Gasteiger partial charge in [0, 0.05) is 0 Å². The summed E-state index contributed by atoms with van der Waals surface area (Å²) < 4.78 is 0. The van der Waals surface area contributed by atoms with E-state index >= 15 is 0 Å². The van der Waals surface area contributed by atoms with Crippen molar-refractivity contribution in [2.45, 2.75) is 0 Å². The molecule has 6 nitrogen and oxygen atoms in total. The summed E-state index contributed by atoms with van der Waals surface area (Å²) in [7, 11) is 1.56. The molecule has 2 aromatic rings. The van der Waals surface area contributed by atoms with Crippen LogP contribution in [0.15, 0.2) is 60.7 Å². The minimum atomic E-state index is -4.03. The van der Waals surface area contributed by atoms with Gasteiger partial charge >= 0.3 is 152 Å². The zero-order valence-corrected chi connectivity index (χ0v) is 16.6. The second-order valence-electron chi connectivity index (χ2n) is 4.05. The zero-order valence-electron chi connectivity index (χ0n) is 11.5. The van der Waals surface area contributed by atoms with Gasteiger partial charge in [0.2, 0.25) is 0 Å². The number of hydrogen-bond acceptors (Lipinski definition) is 6. The van der Waals surface area contributed by atoms with Crippen molar-refractivity contribution >= 4 is 45.6 Å². The van der Waals surface area contributed by atoms with Crippen LogP contribution in [0.25, 0.3) is 0 Å². The zero-order chi connectivity index (χ0) is 17.9. The van der Waals surface area contributed by atoms with Crippen molar-refractivity contribution in [2.24, 2.45) is 0 Å². The van der Waals surface area contributed by atoms with Gasteiger partial charge in [-0.1, -0.05) is 0 Å². The third-order valence-corrected chi connectivity index (χ3v) is 4.54. The molecule has 0 spiro atoms. The maximum absolute atomic E-state index is 8.74. The Balaban J connectivity index is 0.000000360. The Morgan fingerprint density at radius 3 is 0.913 bits per heavy atom. The Hall–Kier alpha value is 0.302. The number of hydrogen-bond donors (Lipinski definition) is 6. The monoisotopic (exact) mass is 496 g/mol. The molecule has 2 aromatic carbocycles. The molecule has 136 valence electrons. The van der Waals surface area contributed by atoms with Crippen LogP contribution in [0.1, 0.15) is 0 Å². The molecule has 0 saturated carbocycles. The third kappa shape index (κ3) is 11.5. The van der Waals surface area contributed by atoms with E-state index in [1.54, 1.807) is 36.4 Å². The Morgan fingerprint density at radius 2 is 0.783 bits per heavy atom. The molecule has 2 rings (SSSR count). The van der Waals surface area contributed by atoms with Crippen LogP contribution in [-0.4, -0.2) is 29.4 Å². The van der Waals surface area contributed by atoms with Crippen LogP contribution in [0.5, 0.6) is 0 Å². The van der Waals surface area contributed by atoms with Crippen LogP contribution in [-0.2, 0) is 15.9 Å². The topological polar surface area (TPSA) is 121 Å². The molecular weight excluding hydrogens is 479 g/mol. The van der Waals surface area contributed by atoms with Crippen LogP contribution in [0, 0.1) is 0 Å². The molecule has 0 aliphatic carbocycles. The van der Waals surface area contributed by atoms with Gasteiger partial charge in [-0.15, -0.1) is 0 Å². The number of rotatable bonds is 2. The van der Waals surface area contributed by atoms with Gasteiger partial charge in [0.05, 0.1) is 0 Å². The molecule has 0 saturated heterocycles. The second-order valence-corrected chi connectivity index (χ2v) is 10.1. The summed E-state index contributed by atoms with van der Waals surface area (Å²) in [6, 6.07) is 15.9. The Bertz CT molecular complexity index is 487. The molecule has 0 aliphatic heterocycles. The summed E-state index contributed by atoms with van der Waals surface area (Å²) in [5, 5.41) is 0.407. The summed E-state index contributed by atoms with van der Waals surface area (Å²) in [5.41, 5.74) is 0. The van der Waals surface area contributed by atoms with Gasteiger partial charge in [0.1, 0.15) is 0 Å². The van der Waals surface area contributed by atoms with Crippen LogP contribution < -0.4 is 10.6 Å². The number of benzene rings is 2. The van der Waals surface area contributed by atoms with Crippen molar-refractivity contribution in [1.29, 1.82) is 0 Å². The van der Waals surface area contributed by atoms with E-state index in [2.05, 4.69) is 0 Å². The van der Waals surface area contributed by atoms with Crippen molar-refractivity contribution in [3.8, 4) is 0 Å². The van der Waals surface area contributed by atoms with Crippen molar-refractivity contribution < 1.29 is 45.3 Å². The van der Waals surface area contributed by atoms with E-state index in [0.717, 1.165) is 0 Å².